The summed E-state index contributed by atoms with van der Waals surface area (Å²) in [5.74, 6) is 0.408. The van der Waals surface area contributed by atoms with E-state index in [-0.39, 0.29) is 17.9 Å². The predicted octanol–water partition coefficient (Wildman–Crippen LogP) is 3.14. The largest absolute Gasteiger partial charge is 0.496 e. The molecule has 0 heterocycles. The molecule has 2 aromatic rings. The molecule has 2 N–H and O–H groups in total. The van der Waals surface area contributed by atoms with Gasteiger partial charge in [-0.2, -0.15) is 0 Å². The summed E-state index contributed by atoms with van der Waals surface area (Å²) in [4.78, 5) is 23.3. The van der Waals surface area contributed by atoms with Crippen LogP contribution in [0, 0.1) is 0 Å². The first-order valence-corrected chi connectivity index (χ1v) is 7.32. The Hall–Kier alpha value is -2.82. The molecule has 0 saturated carbocycles. The third kappa shape index (κ3) is 4.32. The van der Waals surface area contributed by atoms with Gasteiger partial charge in [-0.05, 0) is 37.3 Å². The molecular formula is C18H20N2O3. The molecule has 1 unspecified atom stereocenters. The molecule has 2 amide bonds. The van der Waals surface area contributed by atoms with Gasteiger partial charge in [0.05, 0.1) is 13.2 Å². The normalized spacial score (nSPS) is 11.4. The van der Waals surface area contributed by atoms with E-state index in [9.17, 15) is 9.59 Å². The Balaban J connectivity index is 2.07. The van der Waals surface area contributed by atoms with Crippen molar-refractivity contribution in [1.29, 1.82) is 0 Å². The van der Waals surface area contributed by atoms with Gasteiger partial charge in [0.25, 0.3) is 5.91 Å². The van der Waals surface area contributed by atoms with E-state index < -0.39 is 0 Å². The minimum atomic E-state index is -0.186. The van der Waals surface area contributed by atoms with Gasteiger partial charge in [0.2, 0.25) is 5.91 Å². The molecule has 0 aliphatic carbocycles. The standard InChI is InChI=1S/C18H20N2O3/c1-12(16-6-4-5-7-17(16)23-3)19-18(22)14-8-10-15(11-9-14)20-13(2)21/h4-12H,1-3H3,(H,19,22)(H,20,21). The SMILES string of the molecule is COc1ccccc1C(C)NC(=O)c1ccc(NC(C)=O)cc1. The predicted molar refractivity (Wildman–Crippen MR) is 89.6 cm³/mol. The molecule has 0 spiro atoms. The first-order valence-electron chi connectivity index (χ1n) is 7.32. The number of para-hydroxylation sites is 1. The van der Waals surface area contributed by atoms with Gasteiger partial charge in [-0.25, -0.2) is 0 Å². The molecule has 0 aliphatic heterocycles. The quantitative estimate of drug-likeness (QED) is 0.891. The summed E-state index contributed by atoms with van der Waals surface area (Å²) in [7, 11) is 1.61. The van der Waals surface area contributed by atoms with Crippen LogP contribution in [0.3, 0.4) is 0 Å². The minimum Gasteiger partial charge on any atom is -0.496 e. The molecule has 23 heavy (non-hydrogen) atoms. The summed E-state index contributed by atoms with van der Waals surface area (Å²) in [6.07, 6.45) is 0. The highest BCUT2D eigenvalue weighted by atomic mass is 16.5. The van der Waals surface area contributed by atoms with E-state index in [2.05, 4.69) is 10.6 Å². The van der Waals surface area contributed by atoms with Crippen LogP contribution in [-0.2, 0) is 4.79 Å². The van der Waals surface area contributed by atoms with E-state index in [1.165, 1.54) is 6.92 Å². The number of carbonyl (C=O) groups is 2. The average Bonchev–Trinajstić information content (AvgIpc) is 2.54. The Morgan fingerprint density at radius 1 is 1.04 bits per heavy atom. The summed E-state index contributed by atoms with van der Waals surface area (Å²) in [5, 5.41) is 5.61. The van der Waals surface area contributed by atoms with Crippen molar-refractivity contribution in [2.75, 3.05) is 12.4 Å². The zero-order valence-electron chi connectivity index (χ0n) is 13.4. The van der Waals surface area contributed by atoms with Crippen LogP contribution < -0.4 is 15.4 Å². The number of methoxy groups -OCH3 is 1. The topological polar surface area (TPSA) is 67.4 Å². The highest BCUT2D eigenvalue weighted by Crippen LogP contribution is 2.24. The lowest BCUT2D eigenvalue weighted by Gasteiger charge is -2.17. The zero-order valence-corrected chi connectivity index (χ0v) is 13.4. The van der Waals surface area contributed by atoms with Crippen LogP contribution in [0.1, 0.15) is 35.8 Å². The van der Waals surface area contributed by atoms with Crippen molar-refractivity contribution in [3.63, 3.8) is 0 Å². The summed E-state index contributed by atoms with van der Waals surface area (Å²) in [5.41, 5.74) is 2.10. The van der Waals surface area contributed by atoms with Crippen molar-refractivity contribution in [1.82, 2.24) is 5.32 Å². The van der Waals surface area contributed by atoms with Gasteiger partial charge >= 0.3 is 0 Å². The Labute approximate surface area is 135 Å². The number of nitrogens with one attached hydrogen (secondary N) is 2. The van der Waals surface area contributed by atoms with Gasteiger partial charge in [-0.15, -0.1) is 0 Å². The summed E-state index contributed by atoms with van der Waals surface area (Å²) in [6, 6.07) is 14.1. The lowest BCUT2D eigenvalue weighted by Crippen LogP contribution is -2.26. The zero-order chi connectivity index (χ0) is 16.8. The monoisotopic (exact) mass is 312 g/mol. The number of hydrogen-bond acceptors (Lipinski definition) is 3. The van der Waals surface area contributed by atoms with E-state index in [4.69, 9.17) is 4.74 Å². The number of hydrogen-bond donors (Lipinski definition) is 2. The minimum absolute atomic E-state index is 0.146. The highest BCUT2D eigenvalue weighted by molar-refractivity contribution is 5.95. The number of anilines is 1. The highest BCUT2D eigenvalue weighted by Gasteiger charge is 2.14. The van der Waals surface area contributed by atoms with Gasteiger partial charge in [-0.1, -0.05) is 18.2 Å². The fraction of sp³-hybridized carbons (Fsp3) is 0.222. The summed E-state index contributed by atoms with van der Waals surface area (Å²) < 4.78 is 5.31. The van der Waals surface area contributed by atoms with Crippen LogP contribution in [-0.4, -0.2) is 18.9 Å². The van der Waals surface area contributed by atoms with Crippen LogP contribution in [0.2, 0.25) is 0 Å². The number of rotatable bonds is 5. The molecule has 0 radical (unpaired) electrons. The molecule has 0 aromatic heterocycles. The number of amides is 2. The number of benzene rings is 2. The van der Waals surface area contributed by atoms with Crippen molar-refractivity contribution in [2.24, 2.45) is 0 Å². The number of ether oxygens (including phenoxy) is 1. The molecule has 0 aliphatic rings. The Bertz CT molecular complexity index is 696. The molecular weight excluding hydrogens is 292 g/mol. The van der Waals surface area contributed by atoms with Crippen LogP contribution in [0.15, 0.2) is 48.5 Å². The molecule has 5 heteroatoms. The van der Waals surface area contributed by atoms with Crippen molar-refractivity contribution < 1.29 is 14.3 Å². The van der Waals surface area contributed by atoms with Crippen LogP contribution in [0.5, 0.6) is 5.75 Å². The van der Waals surface area contributed by atoms with Crippen LogP contribution in [0.4, 0.5) is 5.69 Å². The fourth-order valence-electron chi connectivity index (χ4n) is 2.29. The van der Waals surface area contributed by atoms with Crippen LogP contribution >= 0.6 is 0 Å². The molecule has 0 fully saturated rings. The number of carbonyl (C=O) groups excluding carboxylic acids is 2. The van der Waals surface area contributed by atoms with Gasteiger partial charge in [0, 0.05) is 23.7 Å². The van der Waals surface area contributed by atoms with E-state index in [1.807, 2.05) is 31.2 Å². The molecule has 0 bridgehead atoms. The van der Waals surface area contributed by atoms with Crippen LogP contribution in [0.25, 0.3) is 0 Å². The van der Waals surface area contributed by atoms with Crippen molar-refractivity contribution in [3.05, 3.63) is 59.7 Å². The van der Waals surface area contributed by atoms with E-state index in [0.717, 1.165) is 11.3 Å². The second-order valence-corrected chi connectivity index (χ2v) is 5.20. The van der Waals surface area contributed by atoms with Crippen molar-refractivity contribution in [3.8, 4) is 5.75 Å². The van der Waals surface area contributed by atoms with Crippen molar-refractivity contribution >= 4 is 17.5 Å². The smallest absolute Gasteiger partial charge is 0.251 e. The maximum atomic E-state index is 12.3. The van der Waals surface area contributed by atoms with E-state index in [1.54, 1.807) is 31.4 Å². The first kappa shape index (κ1) is 16.5. The average molecular weight is 312 g/mol. The van der Waals surface area contributed by atoms with E-state index in [0.29, 0.717) is 11.3 Å². The molecule has 0 saturated heterocycles. The summed E-state index contributed by atoms with van der Waals surface area (Å²) >= 11 is 0. The van der Waals surface area contributed by atoms with Gasteiger partial charge in [-0.3, -0.25) is 9.59 Å². The third-order valence-electron chi connectivity index (χ3n) is 3.42. The first-order chi connectivity index (χ1) is 11.0. The molecule has 2 aromatic carbocycles. The summed E-state index contributed by atoms with van der Waals surface area (Å²) in [6.45, 7) is 3.34. The Kier molecular flexibility index (Phi) is 5.36. The van der Waals surface area contributed by atoms with Gasteiger partial charge in [0.15, 0.2) is 0 Å². The maximum Gasteiger partial charge on any atom is 0.251 e. The molecule has 120 valence electrons. The maximum absolute atomic E-state index is 12.3. The Morgan fingerprint density at radius 3 is 2.30 bits per heavy atom. The molecule has 1 atom stereocenters. The third-order valence-corrected chi connectivity index (χ3v) is 3.42. The lowest BCUT2D eigenvalue weighted by molar-refractivity contribution is -0.114. The van der Waals surface area contributed by atoms with Gasteiger partial charge < -0.3 is 15.4 Å². The Morgan fingerprint density at radius 2 is 1.70 bits per heavy atom. The van der Waals surface area contributed by atoms with E-state index >= 15 is 0 Å². The fourth-order valence-corrected chi connectivity index (χ4v) is 2.29. The van der Waals surface area contributed by atoms with Gasteiger partial charge in [0.1, 0.15) is 5.75 Å². The lowest BCUT2D eigenvalue weighted by atomic mass is 10.1. The molecule has 5 nitrogen and oxygen atoms in total. The molecule has 2 rings (SSSR count). The second-order valence-electron chi connectivity index (χ2n) is 5.20. The second kappa shape index (κ2) is 7.45. The van der Waals surface area contributed by atoms with Crippen molar-refractivity contribution in [2.45, 2.75) is 19.9 Å².